The third kappa shape index (κ3) is 2.44. The van der Waals surface area contributed by atoms with Gasteiger partial charge in [0.1, 0.15) is 6.61 Å². The van der Waals surface area contributed by atoms with E-state index in [-0.39, 0.29) is 6.61 Å². The van der Waals surface area contributed by atoms with E-state index in [1.165, 1.54) is 0 Å². The van der Waals surface area contributed by atoms with Crippen molar-refractivity contribution < 1.29 is 5.11 Å². The summed E-state index contributed by atoms with van der Waals surface area (Å²) in [7, 11) is 0. The number of pyridine rings is 1. The van der Waals surface area contributed by atoms with Crippen molar-refractivity contribution in [3.05, 3.63) is 40.8 Å². The van der Waals surface area contributed by atoms with Crippen molar-refractivity contribution in [3.8, 4) is 23.0 Å². The van der Waals surface area contributed by atoms with Gasteiger partial charge in [0, 0.05) is 18.0 Å². The second kappa shape index (κ2) is 4.74. The highest BCUT2D eigenvalue weighted by Crippen LogP contribution is 2.24. The van der Waals surface area contributed by atoms with Gasteiger partial charge in [-0.2, -0.15) is 0 Å². The summed E-state index contributed by atoms with van der Waals surface area (Å²) in [5.41, 5.74) is 2.21. The fourth-order valence-corrected chi connectivity index (χ4v) is 2.00. The van der Waals surface area contributed by atoms with Crippen molar-refractivity contribution in [2.24, 2.45) is 0 Å². The second-order valence-electron chi connectivity index (χ2n) is 2.90. The first-order valence-corrected chi connectivity index (χ1v) is 5.37. The van der Waals surface area contributed by atoms with Crippen LogP contribution in [0, 0.1) is 11.8 Å². The fraction of sp³-hybridized carbons (Fsp3) is 0.0833. The highest BCUT2D eigenvalue weighted by molar-refractivity contribution is 7.11. The number of nitrogens with zero attached hydrogens (tertiary/aromatic N) is 1. The van der Waals surface area contributed by atoms with Crippen LogP contribution < -0.4 is 0 Å². The van der Waals surface area contributed by atoms with Crippen molar-refractivity contribution in [1.29, 1.82) is 0 Å². The van der Waals surface area contributed by atoms with Gasteiger partial charge in [0.15, 0.2) is 0 Å². The molecule has 3 heteroatoms. The topological polar surface area (TPSA) is 33.1 Å². The molecule has 2 nitrogen and oxygen atoms in total. The summed E-state index contributed by atoms with van der Waals surface area (Å²) in [6.07, 6.45) is 3.58. The Morgan fingerprint density at radius 3 is 3.07 bits per heavy atom. The molecule has 0 bridgehead atoms. The SMILES string of the molecule is OCC#Cc1cc(-c2cccnc2)cs1. The van der Waals surface area contributed by atoms with Gasteiger partial charge in [-0.1, -0.05) is 17.9 Å². The monoisotopic (exact) mass is 215 g/mol. The van der Waals surface area contributed by atoms with Gasteiger partial charge in [-0.15, -0.1) is 11.3 Å². The van der Waals surface area contributed by atoms with Gasteiger partial charge in [-0.05, 0) is 23.1 Å². The average molecular weight is 215 g/mol. The van der Waals surface area contributed by atoms with E-state index in [9.17, 15) is 0 Å². The first-order valence-electron chi connectivity index (χ1n) is 4.49. The van der Waals surface area contributed by atoms with Crippen LogP contribution in [-0.4, -0.2) is 16.7 Å². The maximum absolute atomic E-state index is 8.57. The van der Waals surface area contributed by atoms with Crippen LogP contribution in [0.5, 0.6) is 0 Å². The number of rotatable bonds is 1. The Morgan fingerprint density at radius 2 is 2.33 bits per heavy atom. The van der Waals surface area contributed by atoms with Gasteiger partial charge in [0.2, 0.25) is 0 Å². The molecule has 0 saturated carbocycles. The van der Waals surface area contributed by atoms with Crippen LogP contribution in [0.4, 0.5) is 0 Å². The van der Waals surface area contributed by atoms with Crippen molar-refractivity contribution in [2.75, 3.05) is 6.61 Å². The molecule has 0 aliphatic rings. The van der Waals surface area contributed by atoms with Crippen molar-refractivity contribution in [2.45, 2.75) is 0 Å². The molecule has 0 atom stereocenters. The van der Waals surface area contributed by atoms with E-state index >= 15 is 0 Å². The Bertz CT molecular complexity index is 493. The van der Waals surface area contributed by atoms with Gasteiger partial charge in [0.25, 0.3) is 0 Å². The first-order chi connectivity index (χ1) is 7.40. The Kier molecular flexibility index (Phi) is 3.13. The molecular formula is C12H9NOS. The summed E-state index contributed by atoms with van der Waals surface area (Å²) in [5, 5.41) is 10.6. The van der Waals surface area contributed by atoms with Crippen LogP contribution >= 0.6 is 11.3 Å². The molecule has 0 aliphatic carbocycles. The molecule has 0 fully saturated rings. The van der Waals surface area contributed by atoms with Crippen LogP contribution in [0.3, 0.4) is 0 Å². The lowest BCUT2D eigenvalue weighted by Crippen LogP contribution is -1.74. The molecule has 2 aromatic heterocycles. The minimum atomic E-state index is -0.0971. The number of aromatic nitrogens is 1. The van der Waals surface area contributed by atoms with Gasteiger partial charge >= 0.3 is 0 Å². The normalized spacial score (nSPS) is 9.40. The molecule has 0 saturated heterocycles. The smallest absolute Gasteiger partial charge is 0.104 e. The van der Waals surface area contributed by atoms with E-state index in [0.717, 1.165) is 16.0 Å². The molecule has 74 valence electrons. The summed E-state index contributed by atoms with van der Waals surface area (Å²) in [4.78, 5) is 5.02. The minimum Gasteiger partial charge on any atom is -0.384 e. The lowest BCUT2D eigenvalue weighted by molar-refractivity contribution is 0.350. The summed E-state index contributed by atoms with van der Waals surface area (Å²) in [5.74, 6) is 5.51. The van der Waals surface area contributed by atoms with E-state index < -0.39 is 0 Å². The van der Waals surface area contributed by atoms with E-state index in [1.807, 2.05) is 29.8 Å². The van der Waals surface area contributed by atoms with E-state index in [0.29, 0.717) is 0 Å². The lowest BCUT2D eigenvalue weighted by atomic mass is 10.1. The zero-order valence-electron chi connectivity index (χ0n) is 7.97. The molecule has 0 radical (unpaired) electrons. The number of aliphatic hydroxyl groups is 1. The molecule has 2 heterocycles. The van der Waals surface area contributed by atoms with E-state index in [4.69, 9.17) is 5.11 Å². The van der Waals surface area contributed by atoms with Crippen molar-refractivity contribution in [3.63, 3.8) is 0 Å². The molecule has 1 N–H and O–H groups in total. The minimum absolute atomic E-state index is 0.0971. The number of thiophene rings is 1. The van der Waals surface area contributed by atoms with Gasteiger partial charge in [-0.25, -0.2) is 0 Å². The Hall–Kier alpha value is -1.63. The van der Waals surface area contributed by atoms with Gasteiger partial charge in [0.05, 0.1) is 4.88 Å². The summed E-state index contributed by atoms with van der Waals surface area (Å²) in [6.45, 7) is -0.0971. The van der Waals surface area contributed by atoms with Crippen LogP contribution in [-0.2, 0) is 0 Å². The zero-order chi connectivity index (χ0) is 10.5. The molecule has 0 unspecified atom stereocenters. The highest BCUT2D eigenvalue weighted by Gasteiger charge is 1.99. The van der Waals surface area contributed by atoms with E-state index in [2.05, 4.69) is 16.8 Å². The molecule has 0 spiro atoms. The lowest BCUT2D eigenvalue weighted by Gasteiger charge is -1.93. The van der Waals surface area contributed by atoms with Crippen LogP contribution in [0.25, 0.3) is 11.1 Å². The molecule has 15 heavy (non-hydrogen) atoms. The van der Waals surface area contributed by atoms with Crippen LogP contribution in [0.15, 0.2) is 36.0 Å². The van der Waals surface area contributed by atoms with Gasteiger partial charge < -0.3 is 5.11 Å². The average Bonchev–Trinajstić information content (AvgIpc) is 2.76. The Labute approximate surface area is 92.2 Å². The standard InChI is InChI=1S/C12H9NOS/c14-6-2-4-12-7-11(9-15-12)10-3-1-5-13-8-10/h1,3,5,7-9,14H,6H2. The quantitative estimate of drug-likeness (QED) is 0.739. The largest absolute Gasteiger partial charge is 0.384 e. The molecular weight excluding hydrogens is 206 g/mol. The van der Waals surface area contributed by atoms with Crippen molar-refractivity contribution >= 4 is 11.3 Å². The Morgan fingerprint density at radius 1 is 1.40 bits per heavy atom. The summed E-state index contributed by atoms with van der Waals surface area (Å²) in [6, 6.07) is 5.93. The van der Waals surface area contributed by atoms with E-state index in [1.54, 1.807) is 17.5 Å². The highest BCUT2D eigenvalue weighted by atomic mass is 32.1. The molecule has 0 amide bonds. The zero-order valence-corrected chi connectivity index (χ0v) is 8.79. The van der Waals surface area contributed by atoms with Crippen LogP contribution in [0.2, 0.25) is 0 Å². The van der Waals surface area contributed by atoms with Crippen molar-refractivity contribution in [1.82, 2.24) is 4.98 Å². The number of aliphatic hydroxyl groups excluding tert-OH is 1. The molecule has 2 aromatic rings. The fourth-order valence-electron chi connectivity index (χ4n) is 1.21. The predicted molar refractivity (Wildman–Crippen MR) is 61.5 cm³/mol. The molecule has 2 rings (SSSR count). The number of hydrogen-bond acceptors (Lipinski definition) is 3. The van der Waals surface area contributed by atoms with Crippen LogP contribution in [0.1, 0.15) is 4.88 Å². The molecule has 0 aromatic carbocycles. The summed E-state index contributed by atoms with van der Waals surface area (Å²) >= 11 is 1.57. The maximum atomic E-state index is 8.57. The van der Waals surface area contributed by atoms with Gasteiger partial charge in [-0.3, -0.25) is 4.98 Å². The predicted octanol–water partition coefficient (Wildman–Crippen LogP) is 2.15. The molecule has 0 aliphatic heterocycles. The second-order valence-corrected chi connectivity index (χ2v) is 3.81. The Balaban J connectivity index is 2.28. The number of hydrogen-bond donors (Lipinski definition) is 1. The third-order valence-electron chi connectivity index (χ3n) is 1.88. The first kappa shape index (κ1) is 9.91. The maximum Gasteiger partial charge on any atom is 0.104 e. The third-order valence-corrected chi connectivity index (χ3v) is 2.73. The summed E-state index contributed by atoms with van der Waals surface area (Å²) < 4.78 is 0.